The summed E-state index contributed by atoms with van der Waals surface area (Å²) in [7, 11) is 0. The van der Waals surface area contributed by atoms with Crippen molar-refractivity contribution >= 4 is 51.9 Å². The summed E-state index contributed by atoms with van der Waals surface area (Å²) in [4.78, 5) is 26.7. The SMILES string of the molecule is CSc1ncccc1C(=O)Nc1nnc(SCC(=O)O)s1. The van der Waals surface area contributed by atoms with Crippen molar-refractivity contribution in [1.29, 1.82) is 0 Å². The van der Waals surface area contributed by atoms with E-state index in [9.17, 15) is 9.59 Å². The maximum absolute atomic E-state index is 12.1. The number of thioether (sulfide) groups is 2. The van der Waals surface area contributed by atoms with Gasteiger partial charge in [-0.2, -0.15) is 0 Å². The standard InChI is InChI=1S/C11H10N4O3S3/c1-19-9-6(3-2-4-12-9)8(18)13-10-14-15-11(21-10)20-5-7(16)17/h2-4H,5H2,1H3,(H,16,17)(H,13,14,18). The number of carboxylic acid groups (broad SMARTS) is 1. The van der Waals surface area contributed by atoms with Crippen molar-refractivity contribution in [2.24, 2.45) is 0 Å². The lowest BCUT2D eigenvalue weighted by Gasteiger charge is -2.04. The van der Waals surface area contributed by atoms with Gasteiger partial charge in [0.25, 0.3) is 5.91 Å². The molecule has 21 heavy (non-hydrogen) atoms. The van der Waals surface area contributed by atoms with Gasteiger partial charge in [-0.25, -0.2) is 4.98 Å². The Labute approximate surface area is 132 Å². The van der Waals surface area contributed by atoms with Crippen LogP contribution in [-0.2, 0) is 4.79 Å². The first kappa shape index (κ1) is 15.7. The molecule has 1 amide bonds. The summed E-state index contributed by atoms with van der Waals surface area (Å²) >= 11 is 3.56. The van der Waals surface area contributed by atoms with Gasteiger partial charge in [0.05, 0.1) is 11.3 Å². The summed E-state index contributed by atoms with van der Waals surface area (Å²) in [5.41, 5.74) is 0.458. The molecule has 0 aromatic carbocycles. The zero-order valence-electron chi connectivity index (χ0n) is 10.8. The number of aromatic nitrogens is 3. The van der Waals surface area contributed by atoms with E-state index < -0.39 is 5.97 Å². The number of hydrogen-bond acceptors (Lipinski definition) is 8. The minimum atomic E-state index is -0.930. The maximum Gasteiger partial charge on any atom is 0.313 e. The Morgan fingerprint density at radius 3 is 2.95 bits per heavy atom. The van der Waals surface area contributed by atoms with Gasteiger partial charge in [0.15, 0.2) is 4.34 Å². The van der Waals surface area contributed by atoms with E-state index in [1.165, 1.54) is 11.8 Å². The Morgan fingerprint density at radius 1 is 1.43 bits per heavy atom. The van der Waals surface area contributed by atoms with E-state index in [1.807, 2.05) is 6.26 Å². The highest BCUT2D eigenvalue weighted by Crippen LogP contribution is 2.26. The number of carbonyl (C=O) groups excluding carboxylic acids is 1. The van der Waals surface area contributed by atoms with Crippen LogP contribution in [-0.4, -0.2) is 44.2 Å². The first-order valence-corrected chi connectivity index (χ1v) is 8.61. The second-order valence-electron chi connectivity index (χ2n) is 3.57. The van der Waals surface area contributed by atoms with Gasteiger partial charge in [-0.1, -0.05) is 23.1 Å². The summed E-state index contributed by atoms with van der Waals surface area (Å²) in [6.07, 6.45) is 3.46. The van der Waals surface area contributed by atoms with Gasteiger partial charge in [0, 0.05) is 6.20 Å². The molecule has 0 saturated carbocycles. The summed E-state index contributed by atoms with van der Waals surface area (Å²) < 4.78 is 0.490. The van der Waals surface area contributed by atoms with Gasteiger partial charge in [-0.3, -0.25) is 14.9 Å². The molecule has 0 unspecified atom stereocenters. The predicted octanol–water partition coefficient (Wildman–Crippen LogP) is 2.08. The summed E-state index contributed by atoms with van der Waals surface area (Å²) in [6.45, 7) is 0. The number of carboxylic acids is 1. The average molecular weight is 342 g/mol. The molecule has 0 aliphatic carbocycles. The minimum Gasteiger partial charge on any atom is -0.481 e. The second-order valence-corrected chi connectivity index (χ2v) is 6.56. The van der Waals surface area contributed by atoms with Gasteiger partial charge < -0.3 is 5.11 Å². The molecular weight excluding hydrogens is 332 g/mol. The van der Waals surface area contributed by atoms with Crippen LogP contribution < -0.4 is 5.32 Å². The van der Waals surface area contributed by atoms with Crippen LogP contribution in [0.15, 0.2) is 27.7 Å². The molecule has 0 atom stereocenters. The zero-order chi connectivity index (χ0) is 15.2. The number of carbonyl (C=O) groups is 2. The third kappa shape index (κ3) is 4.41. The van der Waals surface area contributed by atoms with Crippen molar-refractivity contribution in [3.05, 3.63) is 23.9 Å². The van der Waals surface area contributed by atoms with E-state index in [1.54, 1.807) is 18.3 Å². The number of rotatable bonds is 6. The molecule has 0 radical (unpaired) electrons. The number of nitrogens with zero attached hydrogens (tertiary/aromatic N) is 3. The largest absolute Gasteiger partial charge is 0.481 e. The van der Waals surface area contributed by atoms with Crippen molar-refractivity contribution in [2.75, 3.05) is 17.3 Å². The molecule has 0 aliphatic rings. The van der Waals surface area contributed by atoms with Crippen LogP contribution in [0.1, 0.15) is 10.4 Å². The fraction of sp³-hybridized carbons (Fsp3) is 0.182. The molecule has 10 heteroatoms. The molecular formula is C11H10N4O3S3. The van der Waals surface area contributed by atoms with Gasteiger partial charge in [-0.05, 0) is 18.4 Å². The lowest BCUT2D eigenvalue weighted by molar-refractivity contribution is -0.133. The summed E-state index contributed by atoms with van der Waals surface area (Å²) in [5, 5.41) is 19.8. The Bertz CT molecular complexity index is 662. The quantitative estimate of drug-likeness (QED) is 0.607. The molecule has 0 fully saturated rings. The molecule has 2 N–H and O–H groups in total. The van der Waals surface area contributed by atoms with Crippen LogP contribution in [0.5, 0.6) is 0 Å². The van der Waals surface area contributed by atoms with Gasteiger partial charge >= 0.3 is 5.97 Å². The van der Waals surface area contributed by atoms with Gasteiger partial charge in [0.1, 0.15) is 5.03 Å². The molecule has 110 valence electrons. The first-order chi connectivity index (χ1) is 10.1. The lowest BCUT2D eigenvalue weighted by Crippen LogP contribution is -2.13. The molecule has 0 saturated heterocycles. The smallest absolute Gasteiger partial charge is 0.313 e. The van der Waals surface area contributed by atoms with Crippen LogP contribution in [0.4, 0.5) is 5.13 Å². The number of hydrogen-bond donors (Lipinski definition) is 2. The van der Waals surface area contributed by atoms with Crippen LogP contribution in [0.25, 0.3) is 0 Å². The third-order valence-electron chi connectivity index (χ3n) is 2.16. The van der Waals surface area contributed by atoms with Crippen molar-refractivity contribution in [1.82, 2.24) is 15.2 Å². The lowest BCUT2D eigenvalue weighted by atomic mass is 10.3. The van der Waals surface area contributed by atoms with Crippen molar-refractivity contribution in [3.8, 4) is 0 Å². The Balaban J connectivity index is 2.04. The molecule has 2 rings (SSSR count). The van der Waals surface area contributed by atoms with Crippen LogP contribution >= 0.6 is 34.9 Å². The first-order valence-electron chi connectivity index (χ1n) is 5.58. The number of nitrogens with one attached hydrogen (secondary N) is 1. The molecule has 2 aromatic heterocycles. The van der Waals surface area contributed by atoms with E-state index in [-0.39, 0.29) is 11.7 Å². The van der Waals surface area contributed by atoms with Crippen LogP contribution in [0, 0.1) is 0 Å². The molecule has 0 bridgehead atoms. The van der Waals surface area contributed by atoms with Gasteiger partial charge in [0.2, 0.25) is 5.13 Å². The molecule has 7 nitrogen and oxygen atoms in total. The van der Waals surface area contributed by atoms with E-state index in [0.717, 1.165) is 23.1 Å². The van der Waals surface area contributed by atoms with Crippen molar-refractivity contribution in [2.45, 2.75) is 9.37 Å². The molecule has 0 aliphatic heterocycles. The highest BCUT2D eigenvalue weighted by molar-refractivity contribution is 8.01. The fourth-order valence-corrected chi connectivity index (χ4v) is 3.35. The average Bonchev–Trinajstić information content (AvgIpc) is 2.92. The Morgan fingerprint density at radius 2 is 2.24 bits per heavy atom. The fourth-order valence-electron chi connectivity index (χ4n) is 1.33. The molecule has 2 heterocycles. The minimum absolute atomic E-state index is 0.0954. The maximum atomic E-state index is 12.1. The van der Waals surface area contributed by atoms with E-state index in [4.69, 9.17) is 5.11 Å². The van der Waals surface area contributed by atoms with Crippen molar-refractivity contribution < 1.29 is 14.7 Å². The number of aliphatic carboxylic acids is 1. The number of amides is 1. The molecule has 0 spiro atoms. The Kier molecular flexibility index (Phi) is 5.53. The highest BCUT2D eigenvalue weighted by atomic mass is 32.2. The topological polar surface area (TPSA) is 105 Å². The number of pyridine rings is 1. The van der Waals surface area contributed by atoms with Gasteiger partial charge in [-0.15, -0.1) is 22.0 Å². The van der Waals surface area contributed by atoms with Crippen LogP contribution in [0.3, 0.4) is 0 Å². The Hall–Kier alpha value is -1.65. The summed E-state index contributed by atoms with van der Waals surface area (Å²) in [6, 6.07) is 3.36. The highest BCUT2D eigenvalue weighted by Gasteiger charge is 2.14. The van der Waals surface area contributed by atoms with E-state index >= 15 is 0 Å². The van der Waals surface area contributed by atoms with Crippen molar-refractivity contribution in [3.63, 3.8) is 0 Å². The van der Waals surface area contributed by atoms with E-state index in [0.29, 0.717) is 20.1 Å². The summed E-state index contributed by atoms with van der Waals surface area (Å²) in [5.74, 6) is -1.35. The number of anilines is 1. The van der Waals surface area contributed by atoms with Crippen LogP contribution in [0.2, 0.25) is 0 Å². The second kappa shape index (κ2) is 7.38. The monoisotopic (exact) mass is 342 g/mol. The third-order valence-corrected chi connectivity index (χ3v) is 4.82. The molecule has 2 aromatic rings. The van der Waals surface area contributed by atoms with E-state index in [2.05, 4.69) is 20.5 Å². The predicted molar refractivity (Wildman–Crippen MR) is 82.2 cm³/mol. The zero-order valence-corrected chi connectivity index (χ0v) is 13.2. The normalized spacial score (nSPS) is 10.3.